The molecule has 2 aromatic heterocycles. The molecule has 1 fully saturated rings. The molecule has 1 saturated heterocycles. The van der Waals surface area contributed by atoms with Crippen molar-refractivity contribution in [2.75, 3.05) is 49.1 Å². The van der Waals surface area contributed by atoms with Gasteiger partial charge in [-0.1, -0.05) is 24.3 Å². The van der Waals surface area contributed by atoms with Crippen molar-refractivity contribution < 1.29 is 9.59 Å². The summed E-state index contributed by atoms with van der Waals surface area (Å²) in [5, 5.41) is 0. The molecule has 38 heavy (non-hydrogen) atoms. The Balaban J connectivity index is 1.45. The van der Waals surface area contributed by atoms with Crippen molar-refractivity contribution in [2.45, 2.75) is 39.3 Å². The van der Waals surface area contributed by atoms with E-state index in [9.17, 15) is 9.59 Å². The van der Waals surface area contributed by atoms with Gasteiger partial charge in [-0.2, -0.15) is 0 Å². The number of hydrogen-bond acceptors (Lipinski definition) is 6. The Kier molecular flexibility index (Phi) is 8.28. The summed E-state index contributed by atoms with van der Waals surface area (Å²) in [5.74, 6) is 0.857. The molecular formula is C30H36N6O2. The van der Waals surface area contributed by atoms with Gasteiger partial charge in [0.05, 0.1) is 5.69 Å². The van der Waals surface area contributed by atoms with E-state index >= 15 is 0 Å². The molecule has 5 rings (SSSR count). The summed E-state index contributed by atoms with van der Waals surface area (Å²) in [4.78, 5) is 44.1. The topological polar surface area (TPSA) is 72.9 Å². The monoisotopic (exact) mass is 512 g/mol. The molecule has 1 aromatic carbocycles. The van der Waals surface area contributed by atoms with Crippen molar-refractivity contribution in [3.05, 3.63) is 83.8 Å². The van der Waals surface area contributed by atoms with Gasteiger partial charge in [0.15, 0.2) is 0 Å². The highest BCUT2D eigenvalue weighted by molar-refractivity contribution is 5.95. The average Bonchev–Trinajstić information content (AvgIpc) is 3.48. The van der Waals surface area contributed by atoms with E-state index in [0.29, 0.717) is 38.3 Å². The Bertz CT molecular complexity index is 1240. The summed E-state index contributed by atoms with van der Waals surface area (Å²) in [7, 11) is 0. The van der Waals surface area contributed by atoms with Crippen molar-refractivity contribution in [1.29, 1.82) is 0 Å². The number of anilines is 2. The van der Waals surface area contributed by atoms with Crippen LogP contribution in [0.25, 0.3) is 0 Å². The van der Waals surface area contributed by atoms with E-state index < -0.39 is 0 Å². The number of carbonyl (C=O) groups is 2. The number of fused-ring (bicyclic) bond motifs is 1. The molecule has 8 heteroatoms. The molecule has 198 valence electrons. The lowest BCUT2D eigenvalue weighted by atomic mass is 10.1. The predicted molar refractivity (Wildman–Crippen MR) is 149 cm³/mol. The van der Waals surface area contributed by atoms with Crippen LogP contribution >= 0.6 is 0 Å². The summed E-state index contributed by atoms with van der Waals surface area (Å²) in [5.41, 5.74) is 3.50. The van der Waals surface area contributed by atoms with Gasteiger partial charge in [-0.05, 0) is 55.2 Å². The van der Waals surface area contributed by atoms with Crippen molar-refractivity contribution >= 4 is 23.3 Å². The van der Waals surface area contributed by atoms with E-state index in [-0.39, 0.29) is 11.8 Å². The molecule has 2 aliphatic rings. The lowest BCUT2D eigenvalue weighted by Crippen LogP contribution is -2.38. The Morgan fingerprint density at radius 1 is 0.816 bits per heavy atom. The van der Waals surface area contributed by atoms with Gasteiger partial charge in [0, 0.05) is 82.9 Å². The molecule has 0 aliphatic carbocycles. The maximum Gasteiger partial charge on any atom is 0.254 e. The third-order valence-electron chi connectivity index (χ3n) is 7.39. The summed E-state index contributed by atoms with van der Waals surface area (Å²) in [6, 6.07) is 17.6. The van der Waals surface area contributed by atoms with Gasteiger partial charge >= 0.3 is 0 Å². The molecule has 0 bridgehead atoms. The van der Waals surface area contributed by atoms with Crippen LogP contribution in [0.3, 0.4) is 0 Å². The number of nitrogens with zero attached hydrogens (tertiary/aromatic N) is 6. The number of rotatable bonds is 4. The molecule has 0 radical (unpaired) electrons. The summed E-state index contributed by atoms with van der Waals surface area (Å²) in [6.07, 6.45) is 6.69. The first-order valence-electron chi connectivity index (χ1n) is 13.6. The fraction of sp³-hybridized carbons (Fsp3) is 0.400. The van der Waals surface area contributed by atoms with Crippen LogP contribution in [0.5, 0.6) is 0 Å². The minimum absolute atomic E-state index is 0.00948. The van der Waals surface area contributed by atoms with Crippen LogP contribution in [-0.2, 0) is 17.9 Å². The Morgan fingerprint density at radius 3 is 2.42 bits per heavy atom. The van der Waals surface area contributed by atoms with E-state index in [1.165, 1.54) is 0 Å². The number of amides is 2. The SMILES string of the molecule is CC(=O)N1CCCN(Cc2ccccn2)CCN(C(=O)c2ccnc(N3CCCC3)c2)Cc2ccccc21. The minimum atomic E-state index is -0.0194. The van der Waals surface area contributed by atoms with Crippen molar-refractivity contribution in [1.82, 2.24) is 19.8 Å². The normalized spacial score (nSPS) is 17.1. The van der Waals surface area contributed by atoms with Crippen LogP contribution in [0.2, 0.25) is 0 Å². The van der Waals surface area contributed by atoms with E-state index in [4.69, 9.17) is 0 Å². The number of benzene rings is 1. The van der Waals surface area contributed by atoms with Crippen LogP contribution in [-0.4, -0.2) is 70.9 Å². The summed E-state index contributed by atoms with van der Waals surface area (Å²) < 4.78 is 0. The van der Waals surface area contributed by atoms with E-state index in [2.05, 4.69) is 19.8 Å². The highest BCUT2D eigenvalue weighted by Gasteiger charge is 2.24. The lowest BCUT2D eigenvalue weighted by molar-refractivity contribution is -0.116. The first-order chi connectivity index (χ1) is 18.6. The van der Waals surface area contributed by atoms with Gasteiger partial charge in [-0.3, -0.25) is 19.5 Å². The third kappa shape index (κ3) is 6.19. The first kappa shape index (κ1) is 25.9. The van der Waals surface area contributed by atoms with E-state index in [1.807, 2.05) is 70.6 Å². The smallest absolute Gasteiger partial charge is 0.254 e. The maximum absolute atomic E-state index is 14.0. The molecule has 4 heterocycles. The van der Waals surface area contributed by atoms with Gasteiger partial charge in [-0.15, -0.1) is 0 Å². The Morgan fingerprint density at radius 2 is 1.63 bits per heavy atom. The lowest BCUT2D eigenvalue weighted by Gasteiger charge is -2.28. The second-order valence-corrected chi connectivity index (χ2v) is 10.1. The minimum Gasteiger partial charge on any atom is -0.357 e. The van der Waals surface area contributed by atoms with Crippen LogP contribution < -0.4 is 9.80 Å². The largest absolute Gasteiger partial charge is 0.357 e. The van der Waals surface area contributed by atoms with E-state index in [0.717, 1.165) is 61.7 Å². The first-order valence-corrected chi connectivity index (χ1v) is 13.6. The number of carbonyl (C=O) groups excluding carboxylic acids is 2. The zero-order chi connectivity index (χ0) is 26.3. The van der Waals surface area contributed by atoms with E-state index in [1.54, 1.807) is 13.1 Å². The molecule has 2 aliphatic heterocycles. The molecule has 0 atom stereocenters. The number of aromatic nitrogens is 2. The van der Waals surface area contributed by atoms with Crippen molar-refractivity contribution in [2.24, 2.45) is 0 Å². The number of hydrogen-bond donors (Lipinski definition) is 0. The highest BCUT2D eigenvalue weighted by Crippen LogP contribution is 2.25. The fourth-order valence-corrected chi connectivity index (χ4v) is 5.37. The van der Waals surface area contributed by atoms with Crippen LogP contribution in [0.1, 0.15) is 47.8 Å². The van der Waals surface area contributed by atoms with Gasteiger partial charge in [-0.25, -0.2) is 4.98 Å². The van der Waals surface area contributed by atoms with Crippen LogP contribution in [0, 0.1) is 0 Å². The molecule has 0 unspecified atom stereocenters. The zero-order valence-electron chi connectivity index (χ0n) is 22.1. The Hall–Kier alpha value is -3.78. The number of pyridine rings is 2. The second-order valence-electron chi connectivity index (χ2n) is 10.1. The maximum atomic E-state index is 14.0. The Labute approximate surface area is 224 Å². The van der Waals surface area contributed by atoms with Gasteiger partial charge < -0.3 is 14.7 Å². The van der Waals surface area contributed by atoms with Crippen LogP contribution in [0.15, 0.2) is 67.0 Å². The molecular weight excluding hydrogens is 476 g/mol. The van der Waals surface area contributed by atoms with Crippen molar-refractivity contribution in [3.63, 3.8) is 0 Å². The molecule has 2 amide bonds. The molecule has 3 aromatic rings. The predicted octanol–water partition coefficient (Wildman–Crippen LogP) is 3.98. The quantitative estimate of drug-likeness (QED) is 0.527. The molecule has 0 saturated carbocycles. The summed E-state index contributed by atoms with van der Waals surface area (Å²) in [6.45, 7) is 7.41. The molecule has 0 spiro atoms. The van der Waals surface area contributed by atoms with Gasteiger partial charge in [0.25, 0.3) is 5.91 Å². The average molecular weight is 513 g/mol. The zero-order valence-corrected chi connectivity index (χ0v) is 22.1. The van der Waals surface area contributed by atoms with Crippen LogP contribution in [0.4, 0.5) is 11.5 Å². The third-order valence-corrected chi connectivity index (χ3v) is 7.39. The standard InChI is InChI=1S/C30H36N6O2/c1-24(37)36-18-8-15-33(23-27-10-4-5-13-31-27)19-20-35(22-26-9-2-3-11-28(26)36)30(38)25-12-14-32-29(21-25)34-16-6-7-17-34/h2-5,9-14,21H,6-8,15-20,22-23H2,1H3. The number of para-hydroxylation sites is 1. The molecule has 8 nitrogen and oxygen atoms in total. The van der Waals surface area contributed by atoms with Crippen molar-refractivity contribution in [3.8, 4) is 0 Å². The molecule has 0 N–H and O–H groups in total. The fourth-order valence-electron chi connectivity index (χ4n) is 5.37. The van der Waals surface area contributed by atoms with Gasteiger partial charge in [0.2, 0.25) is 5.91 Å². The summed E-state index contributed by atoms with van der Waals surface area (Å²) >= 11 is 0. The second kappa shape index (κ2) is 12.2. The van der Waals surface area contributed by atoms with Gasteiger partial charge in [0.1, 0.15) is 5.82 Å². The highest BCUT2D eigenvalue weighted by atomic mass is 16.2.